The van der Waals surface area contributed by atoms with E-state index in [1.165, 1.54) is 12.1 Å². The largest absolute Gasteiger partial charge is 0.493 e. The summed E-state index contributed by atoms with van der Waals surface area (Å²) < 4.78 is 33.9. The predicted octanol–water partition coefficient (Wildman–Crippen LogP) is 4.63. The molecule has 0 aliphatic rings. The van der Waals surface area contributed by atoms with E-state index < -0.39 is 10.0 Å². The maximum absolute atomic E-state index is 12.7. The molecule has 2 aromatic rings. The lowest BCUT2D eigenvalue weighted by Gasteiger charge is -2.12. The summed E-state index contributed by atoms with van der Waals surface area (Å²) in [7, 11) is -3.80. The van der Waals surface area contributed by atoms with Crippen LogP contribution in [0.3, 0.4) is 0 Å². The molecule has 0 saturated heterocycles. The molecule has 0 atom stereocenters. The van der Waals surface area contributed by atoms with Crippen molar-refractivity contribution in [1.82, 2.24) is 0 Å². The van der Waals surface area contributed by atoms with Gasteiger partial charge >= 0.3 is 0 Å². The Labute approximate surface area is 168 Å². The number of benzene rings is 2. The summed E-state index contributed by atoms with van der Waals surface area (Å²) in [4.78, 5) is 12.0. The molecule has 1 amide bonds. The van der Waals surface area contributed by atoms with Crippen molar-refractivity contribution in [3.8, 4) is 5.75 Å². The molecule has 0 aromatic heterocycles. The van der Waals surface area contributed by atoms with E-state index in [0.717, 1.165) is 0 Å². The Bertz CT molecular complexity index is 914. The second-order valence-electron chi connectivity index (χ2n) is 6.36. The summed E-state index contributed by atoms with van der Waals surface area (Å²) in [6.07, 6.45) is 0.370. The van der Waals surface area contributed by atoms with E-state index in [9.17, 15) is 13.2 Å². The van der Waals surface area contributed by atoms with Crippen LogP contribution in [0.2, 0.25) is 0 Å². The number of hydrogen-bond acceptors (Lipinski definition) is 4. The smallest absolute Gasteiger partial charge is 0.261 e. The molecule has 2 rings (SSSR count). The molecule has 27 heavy (non-hydrogen) atoms. The van der Waals surface area contributed by atoms with Gasteiger partial charge in [-0.1, -0.05) is 19.9 Å². The summed E-state index contributed by atoms with van der Waals surface area (Å²) in [6.45, 7) is 6.27. The predicted molar refractivity (Wildman–Crippen MR) is 111 cm³/mol. The molecule has 0 unspecified atom stereocenters. The minimum atomic E-state index is -3.80. The number of ether oxygens (including phenoxy) is 1. The quantitative estimate of drug-likeness (QED) is 0.608. The zero-order chi connectivity index (χ0) is 20.0. The molecule has 0 aliphatic heterocycles. The van der Waals surface area contributed by atoms with Crippen LogP contribution in [0.15, 0.2) is 51.8 Å². The van der Waals surface area contributed by atoms with Crippen molar-refractivity contribution in [2.24, 2.45) is 5.92 Å². The van der Waals surface area contributed by atoms with Crippen LogP contribution in [-0.4, -0.2) is 20.9 Å². The third kappa shape index (κ3) is 6.25. The lowest BCUT2D eigenvalue weighted by Crippen LogP contribution is -2.16. The lowest BCUT2D eigenvalue weighted by atomic mass is 10.1. The molecule has 0 bridgehead atoms. The average molecular weight is 455 g/mol. The fourth-order valence-corrected chi connectivity index (χ4v) is 3.96. The van der Waals surface area contributed by atoms with Gasteiger partial charge < -0.3 is 10.1 Å². The van der Waals surface area contributed by atoms with E-state index in [1.807, 2.05) is 20.8 Å². The first-order chi connectivity index (χ1) is 12.7. The van der Waals surface area contributed by atoms with Gasteiger partial charge in [-0.25, -0.2) is 8.42 Å². The third-order valence-electron chi connectivity index (χ3n) is 3.51. The van der Waals surface area contributed by atoms with Crippen molar-refractivity contribution >= 4 is 43.2 Å². The Morgan fingerprint density at radius 3 is 2.52 bits per heavy atom. The Hall–Kier alpha value is -2.06. The maximum Gasteiger partial charge on any atom is 0.261 e. The molecular weight excluding hydrogens is 432 g/mol. The van der Waals surface area contributed by atoms with Crippen LogP contribution in [-0.2, 0) is 14.8 Å². The molecule has 0 spiro atoms. The first-order valence-corrected chi connectivity index (χ1v) is 10.8. The van der Waals surface area contributed by atoms with Crippen LogP contribution >= 0.6 is 15.9 Å². The topological polar surface area (TPSA) is 84.5 Å². The highest BCUT2D eigenvalue weighted by molar-refractivity contribution is 9.10. The summed E-state index contributed by atoms with van der Waals surface area (Å²) in [5.41, 5.74) is 0.843. The standard InChI is InChI=1S/C19H23BrN2O4S/c1-4-26-18-9-8-15(12-17(18)20)22-27(24,25)16-7-5-6-14(11-16)21-19(23)10-13(2)3/h5-9,11-13,22H,4,10H2,1-3H3,(H,21,23). The molecule has 2 N–H and O–H groups in total. The first-order valence-electron chi connectivity index (χ1n) is 8.56. The van der Waals surface area contributed by atoms with Gasteiger partial charge in [0.05, 0.1) is 21.7 Å². The molecule has 0 saturated carbocycles. The van der Waals surface area contributed by atoms with E-state index in [1.54, 1.807) is 30.3 Å². The van der Waals surface area contributed by atoms with E-state index in [0.29, 0.717) is 34.6 Å². The second-order valence-corrected chi connectivity index (χ2v) is 8.89. The highest BCUT2D eigenvalue weighted by Crippen LogP contribution is 2.29. The highest BCUT2D eigenvalue weighted by atomic mass is 79.9. The minimum Gasteiger partial charge on any atom is -0.493 e. The maximum atomic E-state index is 12.7. The van der Waals surface area contributed by atoms with Gasteiger partial charge in [-0.3, -0.25) is 9.52 Å². The fraction of sp³-hybridized carbons (Fsp3) is 0.316. The van der Waals surface area contributed by atoms with Gasteiger partial charge in [0.15, 0.2) is 0 Å². The number of nitrogens with one attached hydrogen (secondary N) is 2. The van der Waals surface area contributed by atoms with Crippen molar-refractivity contribution in [3.05, 3.63) is 46.9 Å². The van der Waals surface area contributed by atoms with Gasteiger partial charge in [-0.2, -0.15) is 0 Å². The third-order valence-corrected chi connectivity index (χ3v) is 5.50. The van der Waals surface area contributed by atoms with Crippen LogP contribution < -0.4 is 14.8 Å². The monoisotopic (exact) mass is 454 g/mol. The van der Waals surface area contributed by atoms with Crippen LogP contribution in [0.4, 0.5) is 11.4 Å². The summed E-state index contributed by atoms with van der Waals surface area (Å²) in [5.74, 6) is 0.704. The molecule has 2 aromatic carbocycles. The number of rotatable bonds is 8. The second kappa shape index (κ2) is 9.23. The number of sulfonamides is 1. The Kier molecular flexibility index (Phi) is 7.26. The normalized spacial score (nSPS) is 11.3. The van der Waals surface area contributed by atoms with E-state index >= 15 is 0 Å². The molecular formula is C19H23BrN2O4S. The molecule has 0 heterocycles. The lowest BCUT2D eigenvalue weighted by molar-refractivity contribution is -0.116. The average Bonchev–Trinajstić information content (AvgIpc) is 2.56. The molecule has 0 radical (unpaired) electrons. The number of hydrogen-bond donors (Lipinski definition) is 2. The zero-order valence-electron chi connectivity index (χ0n) is 15.5. The summed E-state index contributed by atoms with van der Waals surface area (Å²) in [6, 6.07) is 11.1. The Morgan fingerprint density at radius 2 is 1.89 bits per heavy atom. The van der Waals surface area contributed by atoms with Crippen LogP contribution in [0.5, 0.6) is 5.75 Å². The number of anilines is 2. The SMILES string of the molecule is CCOc1ccc(NS(=O)(=O)c2cccc(NC(=O)CC(C)C)c2)cc1Br. The van der Waals surface area contributed by atoms with Crippen molar-refractivity contribution < 1.29 is 17.9 Å². The number of carbonyl (C=O) groups is 1. The molecule has 0 fully saturated rings. The number of carbonyl (C=O) groups excluding carboxylic acids is 1. The van der Waals surface area contributed by atoms with E-state index in [4.69, 9.17) is 4.74 Å². The van der Waals surface area contributed by atoms with Gasteiger partial charge in [0, 0.05) is 12.1 Å². The Morgan fingerprint density at radius 1 is 1.15 bits per heavy atom. The van der Waals surface area contributed by atoms with Crippen LogP contribution in [0.1, 0.15) is 27.2 Å². The first kappa shape index (κ1) is 21.2. The van der Waals surface area contributed by atoms with Gasteiger partial charge in [0.1, 0.15) is 5.75 Å². The molecule has 146 valence electrons. The minimum absolute atomic E-state index is 0.0647. The summed E-state index contributed by atoms with van der Waals surface area (Å²) >= 11 is 3.36. The van der Waals surface area contributed by atoms with Crippen molar-refractivity contribution in [3.63, 3.8) is 0 Å². The van der Waals surface area contributed by atoms with Gasteiger partial charge in [0.2, 0.25) is 5.91 Å². The molecule has 8 heteroatoms. The highest BCUT2D eigenvalue weighted by Gasteiger charge is 2.16. The number of halogens is 1. The summed E-state index contributed by atoms with van der Waals surface area (Å²) in [5, 5.41) is 2.73. The number of amides is 1. The molecule has 0 aliphatic carbocycles. The van der Waals surface area contributed by atoms with Crippen molar-refractivity contribution in [1.29, 1.82) is 0 Å². The van der Waals surface area contributed by atoms with Crippen LogP contribution in [0.25, 0.3) is 0 Å². The molecule has 6 nitrogen and oxygen atoms in total. The van der Waals surface area contributed by atoms with Gasteiger partial charge in [-0.15, -0.1) is 0 Å². The van der Waals surface area contributed by atoms with E-state index in [2.05, 4.69) is 26.0 Å². The van der Waals surface area contributed by atoms with E-state index in [-0.39, 0.29) is 16.7 Å². The van der Waals surface area contributed by atoms with Gasteiger partial charge in [0.25, 0.3) is 10.0 Å². The van der Waals surface area contributed by atoms with Crippen LogP contribution in [0, 0.1) is 5.92 Å². The fourth-order valence-electron chi connectivity index (χ4n) is 2.37. The van der Waals surface area contributed by atoms with Crippen molar-refractivity contribution in [2.45, 2.75) is 32.1 Å². The Balaban J connectivity index is 2.18. The van der Waals surface area contributed by atoms with Crippen molar-refractivity contribution in [2.75, 3.05) is 16.6 Å². The van der Waals surface area contributed by atoms with Gasteiger partial charge in [-0.05, 0) is 65.2 Å². The zero-order valence-corrected chi connectivity index (χ0v) is 17.9.